The van der Waals surface area contributed by atoms with Crippen LogP contribution < -0.4 is 14.2 Å². The van der Waals surface area contributed by atoms with E-state index in [-0.39, 0.29) is 30.1 Å². The lowest BCUT2D eigenvalue weighted by Gasteiger charge is -2.28. The Morgan fingerprint density at radius 1 is 1.16 bits per heavy atom. The van der Waals surface area contributed by atoms with Crippen molar-refractivity contribution in [3.63, 3.8) is 0 Å². The van der Waals surface area contributed by atoms with E-state index in [4.69, 9.17) is 18.9 Å². The second-order valence-corrected chi connectivity index (χ2v) is 10.2. The molecular formula is C30H35NO7. The smallest absolute Gasteiger partial charge is 0.295 e. The van der Waals surface area contributed by atoms with Crippen molar-refractivity contribution in [1.29, 1.82) is 0 Å². The maximum absolute atomic E-state index is 13.4. The van der Waals surface area contributed by atoms with Crippen LogP contribution in [0.25, 0.3) is 5.76 Å². The number of amides is 1. The van der Waals surface area contributed by atoms with Gasteiger partial charge in [0.1, 0.15) is 17.6 Å². The van der Waals surface area contributed by atoms with Gasteiger partial charge in [-0.3, -0.25) is 9.59 Å². The average molecular weight is 522 g/mol. The van der Waals surface area contributed by atoms with Gasteiger partial charge in [-0.05, 0) is 67.6 Å². The summed E-state index contributed by atoms with van der Waals surface area (Å²) in [5, 5.41) is 11.5. The third kappa shape index (κ3) is 4.97. The number of Topliss-reactive ketones (excluding diaryl/α,β-unsaturated/α-hetero) is 1. The fourth-order valence-corrected chi connectivity index (χ4v) is 5.45. The Kier molecular flexibility index (Phi) is 7.61. The molecule has 0 radical (unpaired) electrons. The number of nitrogens with zero attached hydrogens (tertiary/aromatic N) is 1. The van der Waals surface area contributed by atoms with Gasteiger partial charge in [0.25, 0.3) is 11.7 Å². The van der Waals surface area contributed by atoms with Crippen LogP contribution in [-0.4, -0.2) is 60.8 Å². The van der Waals surface area contributed by atoms with Crippen molar-refractivity contribution in [2.45, 2.75) is 64.2 Å². The highest BCUT2D eigenvalue weighted by atomic mass is 16.5. The molecule has 2 aromatic carbocycles. The predicted octanol–water partition coefficient (Wildman–Crippen LogP) is 4.80. The zero-order valence-electron chi connectivity index (χ0n) is 22.2. The molecule has 2 saturated heterocycles. The molecule has 38 heavy (non-hydrogen) atoms. The lowest BCUT2D eigenvalue weighted by Crippen LogP contribution is -2.36. The molecule has 1 amide bonds. The van der Waals surface area contributed by atoms with Gasteiger partial charge in [-0.2, -0.15) is 0 Å². The van der Waals surface area contributed by atoms with Crippen molar-refractivity contribution < 1.29 is 33.6 Å². The highest BCUT2D eigenvalue weighted by Crippen LogP contribution is 2.43. The summed E-state index contributed by atoms with van der Waals surface area (Å²) in [5.74, 6) is 0.310. The molecule has 202 valence electrons. The van der Waals surface area contributed by atoms with E-state index in [9.17, 15) is 14.7 Å². The number of hydrogen-bond acceptors (Lipinski definition) is 7. The number of ether oxygens (including phenoxy) is 4. The van der Waals surface area contributed by atoms with Crippen LogP contribution in [0.2, 0.25) is 0 Å². The fourth-order valence-electron chi connectivity index (χ4n) is 5.45. The minimum atomic E-state index is -0.791. The molecule has 8 heteroatoms. The van der Waals surface area contributed by atoms with E-state index < -0.39 is 17.7 Å². The van der Waals surface area contributed by atoms with E-state index in [1.807, 2.05) is 19.1 Å². The van der Waals surface area contributed by atoms with Crippen LogP contribution in [0.3, 0.4) is 0 Å². The van der Waals surface area contributed by atoms with E-state index in [1.165, 1.54) is 4.90 Å². The van der Waals surface area contributed by atoms with Crippen LogP contribution in [0.4, 0.5) is 0 Å². The first-order valence-corrected chi connectivity index (χ1v) is 13.4. The quantitative estimate of drug-likeness (QED) is 0.219. The zero-order valence-corrected chi connectivity index (χ0v) is 22.2. The average Bonchev–Trinajstić information content (AvgIpc) is 3.63. The summed E-state index contributed by atoms with van der Waals surface area (Å²) in [4.78, 5) is 28.3. The number of unbranched alkanes of at least 4 members (excludes halogenated alkanes) is 1. The second kappa shape index (κ2) is 11.1. The third-order valence-electron chi connectivity index (χ3n) is 7.39. The van der Waals surface area contributed by atoms with Crippen molar-refractivity contribution in [3.8, 4) is 17.2 Å². The van der Waals surface area contributed by atoms with E-state index in [0.717, 1.165) is 37.0 Å². The molecule has 0 saturated carbocycles. The first kappa shape index (κ1) is 26.1. The van der Waals surface area contributed by atoms with Crippen LogP contribution in [0.1, 0.15) is 62.3 Å². The summed E-state index contributed by atoms with van der Waals surface area (Å²) in [6, 6.07) is 9.98. The Morgan fingerprint density at radius 2 is 2.00 bits per heavy atom. The van der Waals surface area contributed by atoms with Crippen molar-refractivity contribution in [2.75, 3.05) is 26.9 Å². The van der Waals surface area contributed by atoms with Gasteiger partial charge < -0.3 is 29.0 Å². The first-order valence-electron chi connectivity index (χ1n) is 13.4. The number of hydrogen-bond donors (Lipinski definition) is 1. The lowest BCUT2D eigenvalue weighted by molar-refractivity contribution is -0.140. The summed E-state index contributed by atoms with van der Waals surface area (Å²) < 4.78 is 23.1. The molecule has 0 unspecified atom stereocenters. The molecule has 0 spiro atoms. The maximum atomic E-state index is 13.4. The Labute approximate surface area is 223 Å². The van der Waals surface area contributed by atoms with Gasteiger partial charge in [0.05, 0.1) is 31.4 Å². The minimum Gasteiger partial charge on any atom is -0.507 e. The first-order chi connectivity index (χ1) is 18.4. The molecule has 0 aliphatic carbocycles. The van der Waals surface area contributed by atoms with Crippen LogP contribution in [0, 0.1) is 0 Å². The zero-order chi connectivity index (χ0) is 26.8. The largest absolute Gasteiger partial charge is 0.507 e. The molecule has 1 N–H and O–H groups in total. The molecule has 3 aliphatic heterocycles. The van der Waals surface area contributed by atoms with Gasteiger partial charge >= 0.3 is 0 Å². The van der Waals surface area contributed by atoms with Gasteiger partial charge in [-0.15, -0.1) is 0 Å². The van der Waals surface area contributed by atoms with Gasteiger partial charge in [0.2, 0.25) is 0 Å². The van der Waals surface area contributed by atoms with Crippen molar-refractivity contribution in [3.05, 3.63) is 58.7 Å². The molecule has 3 atom stereocenters. The summed E-state index contributed by atoms with van der Waals surface area (Å²) in [5.41, 5.74) is 2.15. The Hall–Kier alpha value is -3.52. The monoisotopic (exact) mass is 521 g/mol. The second-order valence-electron chi connectivity index (χ2n) is 10.2. The predicted molar refractivity (Wildman–Crippen MR) is 142 cm³/mol. The van der Waals surface area contributed by atoms with Gasteiger partial charge in [-0.25, -0.2) is 0 Å². The number of benzene rings is 2. The van der Waals surface area contributed by atoms with Crippen LogP contribution in [0.5, 0.6) is 17.2 Å². The van der Waals surface area contributed by atoms with Crippen LogP contribution in [-0.2, 0) is 20.7 Å². The molecular weight excluding hydrogens is 486 g/mol. The maximum Gasteiger partial charge on any atom is 0.295 e. The highest BCUT2D eigenvalue weighted by Gasteiger charge is 2.47. The van der Waals surface area contributed by atoms with Crippen molar-refractivity contribution >= 4 is 17.4 Å². The van der Waals surface area contributed by atoms with Gasteiger partial charge in [0, 0.05) is 25.1 Å². The number of ketones is 1. The Bertz CT molecular complexity index is 1250. The van der Waals surface area contributed by atoms with E-state index >= 15 is 0 Å². The number of carbonyl (C=O) groups is 2. The summed E-state index contributed by atoms with van der Waals surface area (Å²) in [6.07, 6.45) is 4.24. The van der Waals surface area contributed by atoms with Crippen LogP contribution in [0.15, 0.2) is 42.0 Å². The Balaban J connectivity index is 1.57. The normalized spacial score (nSPS) is 24.0. The minimum absolute atomic E-state index is 0.0462. The van der Waals surface area contributed by atoms with E-state index in [0.29, 0.717) is 42.3 Å². The molecule has 5 rings (SSSR count). The number of aliphatic hydroxyl groups excluding tert-OH is 1. The number of carbonyl (C=O) groups excluding carboxylic acids is 2. The standard InChI is InChI=1S/C30H35NO7/c1-4-5-12-37-24-11-8-19(16-25(24)35-3)27-26(29(33)30(34)31(27)17-22-7-6-13-36-22)28(32)20-9-10-23-21(15-20)14-18(2)38-23/h8-11,15-16,18,22,27,32H,4-7,12-14,17H2,1-3H3/t18-,22+,27-/m0/s1. The molecule has 2 aromatic rings. The molecule has 2 fully saturated rings. The summed E-state index contributed by atoms with van der Waals surface area (Å²) in [7, 11) is 1.56. The lowest BCUT2D eigenvalue weighted by atomic mass is 9.94. The van der Waals surface area contributed by atoms with E-state index in [2.05, 4.69) is 6.92 Å². The fraction of sp³-hybridized carbons (Fsp3) is 0.467. The summed E-state index contributed by atoms with van der Waals surface area (Å²) in [6.45, 7) is 5.53. The topological polar surface area (TPSA) is 94.5 Å². The molecule has 3 heterocycles. The highest BCUT2D eigenvalue weighted by molar-refractivity contribution is 6.46. The molecule has 8 nitrogen and oxygen atoms in total. The molecule has 3 aliphatic rings. The van der Waals surface area contributed by atoms with Gasteiger partial charge in [-0.1, -0.05) is 19.4 Å². The van der Waals surface area contributed by atoms with E-state index in [1.54, 1.807) is 31.4 Å². The number of aliphatic hydroxyl groups is 1. The van der Waals surface area contributed by atoms with Crippen LogP contribution >= 0.6 is 0 Å². The SMILES string of the molecule is CCCCOc1ccc([C@H]2C(=C(O)c3ccc4c(c3)C[C@H](C)O4)C(=O)C(=O)N2C[C@H]2CCCO2)cc1OC. The number of methoxy groups -OCH3 is 1. The number of likely N-dealkylation sites (tertiary alicyclic amines) is 1. The van der Waals surface area contributed by atoms with Crippen molar-refractivity contribution in [2.24, 2.45) is 0 Å². The number of fused-ring (bicyclic) bond motifs is 1. The number of rotatable bonds is 9. The van der Waals surface area contributed by atoms with Gasteiger partial charge in [0.15, 0.2) is 11.5 Å². The third-order valence-corrected chi connectivity index (χ3v) is 7.39. The summed E-state index contributed by atoms with van der Waals surface area (Å²) >= 11 is 0. The Morgan fingerprint density at radius 3 is 2.74 bits per heavy atom. The van der Waals surface area contributed by atoms with Crippen molar-refractivity contribution in [1.82, 2.24) is 4.90 Å². The molecule has 0 bridgehead atoms. The molecule has 0 aromatic heterocycles.